The van der Waals surface area contributed by atoms with Crippen LogP contribution in [0.5, 0.6) is 0 Å². The summed E-state index contributed by atoms with van der Waals surface area (Å²) in [6.07, 6.45) is 2.15. The van der Waals surface area contributed by atoms with Gasteiger partial charge in [0, 0.05) is 0 Å². The van der Waals surface area contributed by atoms with Gasteiger partial charge in [0.25, 0.3) is 0 Å². The van der Waals surface area contributed by atoms with Gasteiger partial charge in [0.2, 0.25) is 0 Å². The first kappa shape index (κ1) is 15.1. The molecule has 0 radical (unpaired) electrons. The largest absolute Gasteiger partial charge is 0.465 e. The zero-order valence-corrected chi connectivity index (χ0v) is 12.6. The van der Waals surface area contributed by atoms with E-state index in [4.69, 9.17) is 9.47 Å². The van der Waals surface area contributed by atoms with Crippen LogP contribution in [0, 0.1) is 23.2 Å². The van der Waals surface area contributed by atoms with Gasteiger partial charge in [0.1, 0.15) is 0 Å². The fourth-order valence-electron chi connectivity index (χ4n) is 3.81. The van der Waals surface area contributed by atoms with Gasteiger partial charge in [0.05, 0.1) is 13.2 Å². The zero-order chi connectivity index (χ0) is 14.9. The van der Waals surface area contributed by atoms with E-state index in [0.29, 0.717) is 43.8 Å². The van der Waals surface area contributed by atoms with Crippen molar-refractivity contribution in [1.82, 2.24) is 0 Å². The molecule has 2 fully saturated rings. The highest BCUT2D eigenvalue weighted by molar-refractivity contribution is 6.00. The summed E-state index contributed by atoms with van der Waals surface area (Å²) >= 11 is 0. The molecule has 0 unspecified atom stereocenters. The Balaban J connectivity index is 2.20. The number of hydrogen-bond acceptors (Lipinski definition) is 4. The van der Waals surface area contributed by atoms with Crippen molar-refractivity contribution >= 4 is 11.9 Å². The Bertz CT molecular complexity index is 408. The molecule has 0 heterocycles. The first-order valence-corrected chi connectivity index (χ1v) is 7.46. The molecule has 4 heteroatoms. The van der Waals surface area contributed by atoms with Gasteiger partial charge in [-0.25, -0.2) is 0 Å². The molecule has 3 atom stereocenters. The summed E-state index contributed by atoms with van der Waals surface area (Å²) in [5.41, 5.74) is 0.0701. The molecule has 4 nitrogen and oxygen atoms in total. The number of carbonyl (C=O) groups is 2. The smallest absolute Gasteiger partial charge is 0.323 e. The van der Waals surface area contributed by atoms with Gasteiger partial charge < -0.3 is 9.47 Å². The Kier molecular flexibility index (Phi) is 4.21. The standard InChI is InChI=1S/C16H24O4/c1-5-19-14(17)16(15(18)20-6-2)8-11-7-12(10(3)4)13(11)9-16/h11-13H,3,5-9H2,1-2,4H3/t11-,12-,13+/m1/s1. The van der Waals surface area contributed by atoms with Gasteiger partial charge >= 0.3 is 11.9 Å². The SMILES string of the molecule is C=C(C)[C@H]1C[C@@H]2CC(C(=O)OCC)(C(=O)OCC)C[C@@H]21. The molecule has 0 spiro atoms. The molecule has 0 aliphatic heterocycles. The summed E-state index contributed by atoms with van der Waals surface area (Å²) in [7, 11) is 0. The third kappa shape index (κ3) is 2.25. The fourth-order valence-corrected chi connectivity index (χ4v) is 3.81. The predicted octanol–water partition coefficient (Wildman–Crippen LogP) is 2.72. The highest BCUT2D eigenvalue weighted by Crippen LogP contribution is 2.60. The van der Waals surface area contributed by atoms with Crippen molar-refractivity contribution in [3.63, 3.8) is 0 Å². The van der Waals surface area contributed by atoms with Crippen LogP contribution in [0.2, 0.25) is 0 Å². The van der Waals surface area contributed by atoms with E-state index in [1.165, 1.54) is 0 Å². The number of hydrogen-bond donors (Lipinski definition) is 0. The lowest BCUT2D eigenvalue weighted by Gasteiger charge is -2.40. The number of allylic oxidation sites excluding steroid dienone is 1. The minimum Gasteiger partial charge on any atom is -0.465 e. The van der Waals surface area contributed by atoms with Crippen molar-refractivity contribution in [2.45, 2.75) is 40.0 Å². The molecule has 2 aliphatic carbocycles. The molecular weight excluding hydrogens is 256 g/mol. The monoisotopic (exact) mass is 280 g/mol. The zero-order valence-electron chi connectivity index (χ0n) is 12.6. The van der Waals surface area contributed by atoms with Crippen molar-refractivity contribution in [3.05, 3.63) is 12.2 Å². The van der Waals surface area contributed by atoms with Crippen LogP contribution in [-0.4, -0.2) is 25.2 Å². The van der Waals surface area contributed by atoms with E-state index in [1.54, 1.807) is 13.8 Å². The number of esters is 2. The first-order valence-electron chi connectivity index (χ1n) is 7.46. The maximum absolute atomic E-state index is 12.3. The van der Waals surface area contributed by atoms with Crippen LogP contribution in [0.25, 0.3) is 0 Å². The molecule has 2 rings (SSSR count). The van der Waals surface area contributed by atoms with E-state index < -0.39 is 17.4 Å². The Labute approximate surface area is 120 Å². The molecule has 2 aliphatic rings. The van der Waals surface area contributed by atoms with Gasteiger partial charge in [-0.05, 0) is 57.8 Å². The summed E-state index contributed by atoms with van der Waals surface area (Å²) < 4.78 is 10.3. The van der Waals surface area contributed by atoms with E-state index >= 15 is 0 Å². The summed E-state index contributed by atoms with van der Waals surface area (Å²) in [5, 5.41) is 0. The summed E-state index contributed by atoms with van der Waals surface area (Å²) in [4.78, 5) is 24.7. The lowest BCUT2D eigenvalue weighted by atomic mass is 9.64. The molecule has 0 amide bonds. The van der Waals surface area contributed by atoms with Crippen LogP contribution in [0.15, 0.2) is 12.2 Å². The molecule has 0 aromatic rings. The molecule has 112 valence electrons. The maximum Gasteiger partial charge on any atom is 0.323 e. The van der Waals surface area contributed by atoms with Gasteiger partial charge in [-0.1, -0.05) is 12.2 Å². The molecule has 0 N–H and O–H groups in total. The highest BCUT2D eigenvalue weighted by atomic mass is 16.6. The highest BCUT2D eigenvalue weighted by Gasteiger charge is 2.62. The Hall–Kier alpha value is -1.32. The third-order valence-electron chi connectivity index (χ3n) is 4.84. The number of rotatable bonds is 5. The lowest BCUT2D eigenvalue weighted by Crippen LogP contribution is -2.40. The first-order chi connectivity index (χ1) is 9.46. The van der Waals surface area contributed by atoms with Crippen molar-refractivity contribution in [2.24, 2.45) is 23.2 Å². The van der Waals surface area contributed by atoms with E-state index in [0.717, 1.165) is 12.0 Å². The van der Waals surface area contributed by atoms with Crippen molar-refractivity contribution < 1.29 is 19.1 Å². The molecule has 0 aromatic heterocycles. The van der Waals surface area contributed by atoms with E-state index in [9.17, 15) is 9.59 Å². The van der Waals surface area contributed by atoms with Gasteiger partial charge in [-0.15, -0.1) is 0 Å². The normalized spacial score (nSPS) is 30.1. The third-order valence-corrected chi connectivity index (χ3v) is 4.84. The molecule has 0 aromatic carbocycles. The fraction of sp³-hybridized carbons (Fsp3) is 0.750. The van der Waals surface area contributed by atoms with Gasteiger partial charge in [0.15, 0.2) is 5.41 Å². The lowest BCUT2D eigenvalue weighted by molar-refractivity contribution is -0.171. The minimum absolute atomic E-state index is 0.291. The molecule has 20 heavy (non-hydrogen) atoms. The maximum atomic E-state index is 12.3. The van der Waals surface area contributed by atoms with Crippen LogP contribution in [0.3, 0.4) is 0 Å². The number of carbonyl (C=O) groups excluding carboxylic acids is 2. The van der Waals surface area contributed by atoms with E-state index in [1.807, 2.05) is 6.92 Å². The van der Waals surface area contributed by atoms with Crippen molar-refractivity contribution in [2.75, 3.05) is 13.2 Å². The quantitative estimate of drug-likeness (QED) is 0.441. The van der Waals surface area contributed by atoms with E-state index in [-0.39, 0.29) is 0 Å². The Morgan fingerprint density at radius 1 is 1.15 bits per heavy atom. The van der Waals surface area contributed by atoms with Crippen LogP contribution in [-0.2, 0) is 19.1 Å². The Morgan fingerprint density at radius 3 is 2.15 bits per heavy atom. The number of ether oxygens (including phenoxy) is 2. The molecular formula is C16H24O4. The average Bonchev–Trinajstić information content (AvgIpc) is 2.65. The van der Waals surface area contributed by atoms with Crippen molar-refractivity contribution in [3.8, 4) is 0 Å². The van der Waals surface area contributed by atoms with Crippen LogP contribution in [0.1, 0.15) is 40.0 Å². The Morgan fingerprint density at radius 2 is 1.70 bits per heavy atom. The molecule has 2 saturated carbocycles. The summed E-state index contributed by atoms with van der Waals surface area (Å²) in [5.74, 6) is 0.416. The van der Waals surface area contributed by atoms with Gasteiger partial charge in [-0.3, -0.25) is 9.59 Å². The second kappa shape index (κ2) is 5.58. The summed E-state index contributed by atoms with van der Waals surface area (Å²) in [6.45, 7) is 10.1. The predicted molar refractivity (Wildman–Crippen MR) is 74.8 cm³/mol. The van der Waals surface area contributed by atoms with Crippen LogP contribution >= 0.6 is 0 Å². The second-order valence-corrected chi connectivity index (χ2v) is 6.04. The van der Waals surface area contributed by atoms with Gasteiger partial charge in [-0.2, -0.15) is 0 Å². The molecule has 0 saturated heterocycles. The summed E-state index contributed by atoms with van der Waals surface area (Å²) in [6, 6.07) is 0. The van der Waals surface area contributed by atoms with Crippen LogP contribution < -0.4 is 0 Å². The topological polar surface area (TPSA) is 52.6 Å². The molecule has 0 bridgehead atoms. The number of fused-ring (bicyclic) bond motifs is 1. The average molecular weight is 280 g/mol. The van der Waals surface area contributed by atoms with Crippen molar-refractivity contribution in [1.29, 1.82) is 0 Å². The second-order valence-electron chi connectivity index (χ2n) is 6.04. The van der Waals surface area contributed by atoms with Crippen LogP contribution in [0.4, 0.5) is 0 Å². The minimum atomic E-state index is -1.08. The van der Waals surface area contributed by atoms with E-state index in [2.05, 4.69) is 6.58 Å².